The van der Waals surface area contributed by atoms with Gasteiger partial charge in [-0.2, -0.15) is 0 Å². The Morgan fingerprint density at radius 3 is 2.40 bits per heavy atom. The predicted molar refractivity (Wildman–Crippen MR) is 115 cm³/mol. The summed E-state index contributed by atoms with van der Waals surface area (Å²) in [6.45, 7) is 0.158. The van der Waals surface area contributed by atoms with Crippen LogP contribution in [0.4, 0.5) is 5.69 Å². The van der Waals surface area contributed by atoms with Crippen molar-refractivity contribution in [1.82, 2.24) is 9.88 Å². The number of nitrogens with zero attached hydrogens (tertiary/aromatic N) is 2. The molecule has 30 heavy (non-hydrogen) atoms. The standard InChI is InChI=1S/C23H18ClN3O3/c1-30-19-8-7-17(13-18(19)24)26-21-20(16-5-3-2-4-6-16)22(28)27(23(21)29)14-15-9-11-25-12-10-15/h2-13,26H,14H2,1H3. The Kier molecular flexibility index (Phi) is 5.50. The van der Waals surface area contributed by atoms with Gasteiger partial charge >= 0.3 is 0 Å². The normalized spacial score (nSPS) is 13.7. The molecule has 2 heterocycles. The summed E-state index contributed by atoms with van der Waals surface area (Å²) in [6.07, 6.45) is 3.26. The van der Waals surface area contributed by atoms with Crippen molar-refractivity contribution in [1.29, 1.82) is 0 Å². The van der Waals surface area contributed by atoms with Crippen molar-refractivity contribution in [2.45, 2.75) is 6.54 Å². The van der Waals surface area contributed by atoms with Crippen LogP contribution in [0.5, 0.6) is 5.75 Å². The summed E-state index contributed by atoms with van der Waals surface area (Å²) in [5, 5.41) is 3.49. The molecule has 0 fully saturated rings. The van der Waals surface area contributed by atoms with Crippen molar-refractivity contribution in [3.63, 3.8) is 0 Å². The molecule has 0 aliphatic carbocycles. The Balaban J connectivity index is 1.73. The van der Waals surface area contributed by atoms with Gasteiger partial charge in [-0.25, -0.2) is 0 Å². The zero-order chi connectivity index (χ0) is 21.1. The number of ether oxygens (including phenoxy) is 1. The largest absolute Gasteiger partial charge is 0.495 e. The first-order chi connectivity index (χ1) is 14.6. The number of imide groups is 1. The number of anilines is 1. The van der Waals surface area contributed by atoms with Crippen LogP contribution in [-0.4, -0.2) is 28.8 Å². The molecule has 7 heteroatoms. The highest BCUT2D eigenvalue weighted by atomic mass is 35.5. The van der Waals surface area contributed by atoms with Gasteiger partial charge in [-0.15, -0.1) is 0 Å². The highest BCUT2D eigenvalue weighted by Crippen LogP contribution is 2.33. The summed E-state index contributed by atoms with van der Waals surface area (Å²) in [7, 11) is 1.53. The number of carbonyl (C=O) groups is 2. The molecule has 0 bridgehead atoms. The van der Waals surface area contributed by atoms with Crippen LogP contribution in [0.25, 0.3) is 5.57 Å². The van der Waals surface area contributed by atoms with Gasteiger partial charge in [0.2, 0.25) is 0 Å². The first-order valence-electron chi connectivity index (χ1n) is 9.24. The van der Waals surface area contributed by atoms with Gasteiger partial charge in [0.15, 0.2) is 0 Å². The lowest BCUT2D eigenvalue weighted by Crippen LogP contribution is -2.32. The maximum atomic E-state index is 13.2. The van der Waals surface area contributed by atoms with E-state index in [0.717, 1.165) is 5.56 Å². The molecule has 3 aromatic rings. The number of aromatic nitrogens is 1. The molecule has 1 aliphatic rings. The molecule has 150 valence electrons. The van der Waals surface area contributed by atoms with Gasteiger partial charge in [0.05, 0.1) is 24.3 Å². The van der Waals surface area contributed by atoms with Crippen LogP contribution in [0.2, 0.25) is 5.02 Å². The predicted octanol–water partition coefficient (Wildman–Crippen LogP) is 4.14. The monoisotopic (exact) mass is 419 g/mol. The van der Waals surface area contributed by atoms with E-state index in [2.05, 4.69) is 10.3 Å². The highest BCUT2D eigenvalue weighted by Gasteiger charge is 2.39. The van der Waals surface area contributed by atoms with Crippen LogP contribution in [-0.2, 0) is 16.1 Å². The first kappa shape index (κ1) is 19.7. The third kappa shape index (κ3) is 3.77. The Morgan fingerprint density at radius 2 is 1.73 bits per heavy atom. The zero-order valence-electron chi connectivity index (χ0n) is 16.1. The summed E-state index contributed by atoms with van der Waals surface area (Å²) in [6, 6.07) is 17.8. The van der Waals surface area contributed by atoms with Gasteiger partial charge in [0.25, 0.3) is 11.8 Å². The second kappa shape index (κ2) is 8.39. The van der Waals surface area contributed by atoms with Crippen LogP contribution in [0.1, 0.15) is 11.1 Å². The minimum atomic E-state index is -0.400. The molecule has 0 atom stereocenters. The Bertz CT molecular complexity index is 1130. The van der Waals surface area contributed by atoms with Crippen molar-refractivity contribution in [2.24, 2.45) is 0 Å². The van der Waals surface area contributed by atoms with Gasteiger partial charge in [0.1, 0.15) is 11.4 Å². The average molecular weight is 420 g/mol. The quantitative estimate of drug-likeness (QED) is 0.608. The lowest BCUT2D eigenvalue weighted by Gasteiger charge is -2.15. The molecule has 0 unspecified atom stereocenters. The number of hydrogen-bond donors (Lipinski definition) is 1. The molecular weight excluding hydrogens is 402 g/mol. The fourth-order valence-electron chi connectivity index (χ4n) is 3.27. The number of hydrogen-bond acceptors (Lipinski definition) is 5. The van der Waals surface area contributed by atoms with Crippen LogP contribution >= 0.6 is 11.6 Å². The van der Waals surface area contributed by atoms with Crippen molar-refractivity contribution < 1.29 is 14.3 Å². The van der Waals surface area contributed by atoms with E-state index >= 15 is 0 Å². The summed E-state index contributed by atoms with van der Waals surface area (Å²) < 4.78 is 5.18. The van der Waals surface area contributed by atoms with Crippen molar-refractivity contribution in [3.05, 3.63) is 94.9 Å². The molecule has 1 N–H and O–H groups in total. The van der Waals surface area contributed by atoms with Crippen LogP contribution < -0.4 is 10.1 Å². The van der Waals surface area contributed by atoms with Crippen molar-refractivity contribution >= 4 is 34.7 Å². The maximum Gasteiger partial charge on any atom is 0.278 e. The van der Waals surface area contributed by atoms with E-state index in [-0.39, 0.29) is 18.1 Å². The number of nitrogens with one attached hydrogen (secondary N) is 1. The Hall–Kier alpha value is -3.64. The van der Waals surface area contributed by atoms with Crippen LogP contribution in [0.3, 0.4) is 0 Å². The van der Waals surface area contributed by atoms with E-state index in [1.165, 1.54) is 12.0 Å². The first-order valence-corrected chi connectivity index (χ1v) is 9.61. The molecule has 4 rings (SSSR count). The average Bonchev–Trinajstić information content (AvgIpc) is 2.99. The van der Waals surface area contributed by atoms with E-state index in [1.54, 1.807) is 54.9 Å². The number of rotatable bonds is 6. The van der Waals surface area contributed by atoms with E-state index in [0.29, 0.717) is 27.6 Å². The molecule has 2 aromatic carbocycles. The summed E-state index contributed by atoms with van der Waals surface area (Å²) in [5.74, 6) is -0.236. The smallest absolute Gasteiger partial charge is 0.278 e. The summed E-state index contributed by atoms with van der Waals surface area (Å²) >= 11 is 6.22. The number of pyridine rings is 1. The number of halogens is 1. The molecular formula is C23H18ClN3O3. The number of methoxy groups -OCH3 is 1. The second-order valence-corrected chi connectivity index (χ2v) is 7.05. The highest BCUT2D eigenvalue weighted by molar-refractivity contribution is 6.36. The van der Waals surface area contributed by atoms with Gasteiger partial charge in [0, 0.05) is 18.1 Å². The van der Waals surface area contributed by atoms with Crippen molar-refractivity contribution in [3.8, 4) is 5.75 Å². The number of carbonyl (C=O) groups excluding carboxylic acids is 2. The summed E-state index contributed by atoms with van der Waals surface area (Å²) in [4.78, 5) is 31.7. The van der Waals surface area contributed by atoms with Gasteiger partial charge in [-0.05, 0) is 41.5 Å². The fraction of sp³-hybridized carbons (Fsp3) is 0.0870. The second-order valence-electron chi connectivity index (χ2n) is 6.64. The van der Waals surface area contributed by atoms with Crippen LogP contribution in [0, 0.1) is 0 Å². The molecule has 0 spiro atoms. The lowest BCUT2D eigenvalue weighted by atomic mass is 10.0. The van der Waals surface area contributed by atoms with Gasteiger partial charge in [-0.1, -0.05) is 41.9 Å². The third-order valence-corrected chi connectivity index (χ3v) is 5.04. The molecule has 1 aliphatic heterocycles. The third-order valence-electron chi connectivity index (χ3n) is 4.74. The zero-order valence-corrected chi connectivity index (χ0v) is 16.9. The van der Waals surface area contributed by atoms with Crippen molar-refractivity contribution in [2.75, 3.05) is 12.4 Å². The SMILES string of the molecule is COc1ccc(NC2=C(c3ccccc3)C(=O)N(Cc3ccncc3)C2=O)cc1Cl. The molecule has 0 saturated carbocycles. The molecule has 1 aromatic heterocycles. The molecule has 2 amide bonds. The summed E-state index contributed by atoms with van der Waals surface area (Å²) in [5.41, 5.74) is 2.59. The molecule has 0 radical (unpaired) electrons. The van der Waals surface area contributed by atoms with E-state index in [4.69, 9.17) is 16.3 Å². The molecule has 6 nitrogen and oxygen atoms in total. The maximum absolute atomic E-state index is 13.2. The van der Waals surface area contributed by atoms with E-state index < -0.39 is 5.91 Å². The topological polar surface area (TPSA) is 71.5 Å². The Labute approximate surface area is 178 Å². The minimum absolute atomic E-state index is 0.158. The van der Waals surface area contributed by atoms with Gasteiger partial charge in [-0.3, -0.25) is 19.5 Å². The van der Waals surface area contributed by atoms with E-state index in [9.17, 15) is 9.59 Å². The fourth-order valence-corrected chi connectivity index (χ4v) is 3.53. The van der Waals surface area contributed by atoms with Gasteiger partial charge < -0.3 is 10.1 Å². The lowest BCUT2D eigenvalue weighted by molar-refractivity contribution is -0.137. The molecule has 0 saturated heterocycles. The minimum Gasteiger partial charge on any atom is -0.495 e. The van der Waals surface area contributed by atoms with E-state index in [1.807, 2.05) is 18.2 Å². The Morgan fingerprint density at radius 1 is 1.00 bits per heavy atom. The number of amides is 2. The van der Waals surface area contributed by atoms with Crippen LogP contribution in [0.15, 0.2) is 78.8 Å². The number of benzene rings is 2.